The lowest BCUT2D eigenvalue weighted by atomic mass is 9.89. The van der Waals surface area contributed by atoms with Crippen LogP contribution < -0.4 is 0 Å². The molecule has 1 aromatic rings. The summed E-state index contributed by atoms with van der Waals surface area (Å²) in [4.78, 5) is 36.5. The van der Waals surface area contributed by atoms with E-state index in [1.807, 2.05) is 0 Å². The van der Waals surface area contributed by atoms with Gasteiger partial charge in [0.2, 0.25) is 0 Å². The predicted octanol–water partition coefficient (Wildman–Crippen LogP) is 4.25. The highest BCUT2D eigenvalue weighted by Crippen LogP contribution is 2.31. The molecule has 0 fully saturated rings. The number of aldehydes is 1. The van der Waals surface area contributed by atoms with Gasteiger partial charge < -0.3 is 13.9 Å². The second-order valence-corrected chi connectivity index (χ2v) is 12.1. The Morgan fingerprint density at radius 3 is 2.03 bits per heavy atom. The van der Waals surface area contributed by atoms with Crippen LogP contribution in [0.2, 0.25) is 18.1 Å². The van der Waals surface area contributed by atoms with Gasteiger partial charge >= 0.3 is 11.9 Å². The third-order valence-electron chi connectivity index (χ3n) is 5.81. The van der Waals surface area contributed by atoms with E-state index in [2.05, 4.69) is 20.8 Å². The largest absolute Gasteiger partial charge is 0.469 e. The third kappa shape index (κ3) is 6.50. The molecule has 162 valence electrons. The average molecular weight is 423 g/mol. The molecule has 0 bridgehead atoms. The maximum atomic E-state index is 12.4. The van der Waals surface area contributed by atoms with Crippen molar-refractivity contribution < 1.29 is 28.3 Å². The number of hydrogen-bond donors (Lipinski definition) is 0. The van der Waals surface area contributed by atoms with Gasteiger partial charge in [0.25, 0.3) is 0 Å². The summed E-state index contributed by atoms with van der Waals surface area (Å²) < 4.78 is 17.0. The van der Waals surface area contributed by atoms with Crippen LogP contribution in [0.25, 0.3) is 0 Å². The second-order valence-electron chi connectivity index (χ2n) is 7.37. The van der Waals surface area contributed by atoms with Crippen LogP contribution in [0.3, 0.4) is 0 Å². The van der Waals surface area contributed by atoms with Gasteiger partial charge in [-0.25, -0.2) is 4.79 Å². The summed E-state index contributed by atoms with van der Waals surface area (Å²) in [6.45, 7) is 9.79. The number of carbonyl (C=O) groups is 3. The summed E-state index contributed by atoms with van der Waals surface area (Å²) in [5.41, 5.74) is 0.365. The number of benzene rings is 1. The van der Waals surface area contributed by atoms with Crippen molar-refractivity contribution in [1.82, 2.24) is 0 Å². The fraction of sp³-hybridized carbons (Fsp3) is 0.591. The number of rotatable bonds is 12. The van der Waals surface area contributed by atoms with Gasteiger partial charge in [0.1, 0.15) is 0 Å². The lowest BCUT2D eigenvalue weighted by Crippen LogP contribution is -2.49. The van der Waals surface area contributed by atoms with Crippen molar-refractivity contribution in [3.8, 4) is 0 Å². The van der Waals surface area contributed by atoms with Crippen molar-refractivity contribution in [1.29, 1.82) is 0 Å². The molecule has 0 aliphatic heterocycles. The van der Waals surface area contributed by atoms with E-state index in [9.17, 15) is 14.4 Å². The summed E-state index contributed by atoms with van der Waals surface area (Å²) in [5.74, 6) is -2.09. The summed E-state index contributed by atoms with van der Waals surface area (Å²) in [6, 6.07) is 11.2. The topological polar surface area (TPSA) is 78.9 Å². The van der Waals surface area contributed by atoms with Crippen molar-refractivity contribution in [2.45, 2.75) is 65.0 Å². The van der Waals surface area contributed by atoms with E-state index in [1.165, 1.54) is 7.11 Å². The van der Waals surface area contributed by atoms with Gasteiger partial charge in [0.05, 0.1) is 24.7 Å². The van der Waals surface area contributed by atoms with E-state index in [-0.39, 0.29) is 0 Å². The molecule has 0 radical (unpaired) electrons. The molecule has 0 N–H and O–H groups in total. The molecule has 0 saturated heterocycles. The predicted molar refractivity (Wildman–Crippen MR) is 114 cm³/mol. The molecule has 1 rings (SSSR count). The molecule has 0 aliphatic rings. The smallest absolute Gasteiger partial charge is 0.338 e. The first-order chi connectivity index (χ1) is 13.8. The van der Waals surface area contributed by atoms with Crippen LogP contribution >= 0.6 is 0 Å². The zero-order valence-corrected chi connectivity index (χ0v) is 19.3. The highest BCUT2D eigenvalue weighted by atomic mass is 28.4. The minimum Gasteiger partial charge on any atom is -0.469 e. The highest BCUT2D eigenvalue weighted by Gasteiger charge is 2.42. The molecule has 0 heterocycles. The molecule has 29 heavy (non-hydrogen) atoms. The van der Waals surface area contributed by atoms with Crippen molar-refractivity contribution >= 4 is 26.5 Å². The van der Waals surface area contributed by atoms with Crippen molar-refractivity contribution in [2.24, 2.45) is 11.8 Å². The van der Waals surface area contributed by atoms with Crippen LogP contribution in [0.4, 0.5) is 0 Å². The Hall–Kier alpha value is -1.99. The quantitative estimate of drug-likeness (QED) is 0.285. The molecule has 7 heteroatoms. The van der Waals surface area contributed by atoms with Gasteiger partial charge in [-0.2, -0.15) is 0 Å². The van der Waals surface area contributed by atoms with Gasteiger partial charge in [0.15, 0.2) is 20.7 Å². The molecule has 0 aromatic heterocycles. The lowest BCUT2D eigenvalue weighted by molar-refractivity contribution is -0.151. The van der Waals surface area contributed by atoms with E-state index in [1.54, 1.807) is 44.2 Å². The molecule has 0 unspecified atom stereocenters. The first-order valence-corrected chi connectivity index (χ1v) is 12.8. The average Bonchev–Trinajstić information content (AvgIpc) is 2.77. The number of esters is 2. The summed E-state index contributed by atoms with van der Waals surface area (Å²) >= 11 is 0. The molecule has 0 amide bonds. The Morgan fingerprint density at radius 1 is 1.03 bits per heavy atom. The number of methoxy groups -OCH3 is 1. The molecule has 1 aromatic carbocycles. The van der Waals surface area contributed by atoms with E-state index in [0.717, 1.165) is 18.1 Å². The van der Waals surface area contributed by atoms with E-state index >= 15 is 0 Å². The Balaban J connectivity index is 3.14. The standard InChI is InChI=1S/C22H34O6Si/c1-7-29(8-2,9-3)28-20(17(5)21(24)26-6)16(4)19(15-23)27-22(25)18-13-11-10-12-14-18/h10-17,19-20H,7-9H2,1-6H3/t16-,17-,19-,20-/m0/s1. The van der Waals surface area contributed by atoms with E-state index < -0.39 is 44.3 Å². The van der Waals surface area contributed by atoms with Crippen molar-refractivity contribution in [2.75, 3.05) is 7.11 Å². The number of ether oxygens (including phenoxy) is 2. The third-order valence-corrected chi connectivity index (χ3v) is 10.4. The second kappa shape index (κ2) is 11.9. The fourth-order valence-electron chi connectivity index (χ4n) is 3.49. The molecule has 6 nitrogen and oxygen atoms in total. The SMILES string of the molecule is CC[Si](CC)(CC)O[C@@H]([C@@H](C)[C@H](C=O)OC(=O)c1ccccc1)[C@H](C)C(=O)OC. The molecule has 0 spiro atoms. The van der Waals surface area contributed by atoms with Crippen LogP contribution in [0.15, 0.2) is 30.3 Å². The maximum absolute atomic E-state index is 12.4. The van der Waals surface area contributed by atoms with Gasteiger partial charge in [-0.15, -0.1) is 0 Å². The van der Waals surface area contributed by atoms with E-state index in [4.69, 9.17) is 13.9 Å². The fourth-order valence-corrected chi connectivity index (χ4v) is 6.48. The Labute approximate surface area is 175 Å². The van der Waals surface area contributed by atoms with Gasteiger partial charge in [-0.05, 0) is 37.2 Å². The summed E-state index contributed by atoms with van der Waals surface area (Å²) in [6.07, 6.45) is -1.01. The summed E-state index contributed by atoms with van der Waals surface area (Å²) in [7, 11) is -0.761. The van der Waals surface area contributed by atoms with Gasteiger partial charge in [-0.1, -0.05) is 45.9 Å². The highest BCUT2D eigenvalue weighted by molar-refractivity contribution is 6.73. The molecule has 4 atom stereocenters. The number of carbonyl (C=O) groups excluding carboxylic acids is 3. The Kier molecular flexibility index (Phi) is 10.3. The van der Waals surface area contributed by atoms with Crippen molar-refractivity contribution in [3.63, 3.8) is 0 Å². The zero-order valence-electron chi connectivity index (χ0n) is 18.3. The zero-order chi connectivity index (χ0) is 22.0. The molecule has 0 saturated carbocycles. The molecular formula is C22H34O6Si. The van der Waals surface area contributed by atoms with Gasteiger partial charge in [0, 0.05) is 5.92 Å². The normalized spacial score (nSPS) is 15.7. The van der Waals surface area contributed by atoms with Crippen molar-refractivity contribution in [3.05, 3.63) is 35.9 Å². The first-order valence-electron chi connectivity index (χ1n) is 10.3. The van der Waals surface area contributed by atoms with Crippen LogP contribution in [0.5, 0.6) is 0 Å². The van der Waals surface area contributed by atoms with Crippen LogP contribution in [-0.2, 0) is 23.5 Å². The first kappa shape index (κ1) is 25.0. The maximum Gasteiger partial charge on any atom is 0.338 e. The minimum atomic E-state index is -2.09. The Bertz CT molecular complexity index is 650. The van der Waals surface area contributed by atoms with Crippen LogP contribution in [0, 0.1) is 11.8 Å². The van der Waals surface area contributed by atoms with E-state index in [0.29, 0.717) is 11.8 Å². The minimum absolute atomic E-state index is 0.365. The number of hydrogen-bond acceptors (Lipinski definition) is 6. The Morgan fingerprint density at radius 2 is 1.59 bits per heavy atom. The van der Waals surface area contributed by atoms with Gasteiger partial charge in [-0.3, -0.25) is 9.59 Å². The molecule has 0 aliphatic carbocycles. The van der Waals surface area contributed by atoms with Crippen LogP contribution in [-0.4, -0.2) is 45.9 Å². The molecular weight excluding hydrogens is 388 g/mol. The lowest BCUT2D eigenvalue weighted by Gasteiger charge is -2.39. The summed E-state index contributed by atoms with van der Waals surface area (Å²) in [5, 5.41) is 0. The monoisotopic (exact) mass is 422 g/mol. The van der Waals surface area contributed by atoms with Crippen LogP contribution in [0.1, 0.15) is 45.0 Å².